The van der Waals surface area contributed by atoms with Gasteiger partial charge >= 0.3 is 0 Å². The van der Waals surface area contributed by atoms with Crippen LogP contribution in [0.2, 0.25) is 0 Å². The van der Waals surface area contributed by atoms with Gasteiger partial charge in [0, 0.05) is 19.5 Å². The Balaban J connectivity index is 3.58. The van der Waals surface area contributed by atoms with E-state index >= 15 is 0 Å². The van der Waals surface area contributed by atoms with E-state index in [1.165, 1.54) is 0 Å². The summed E-state index contributed by atoms with van der Waals surface area (Å²) in [4.78, 5) is 0. The lowest BCUT2D eigenvalue weighted by Crippen LogP contribution is -2.27. The Kier molecular flexibility index (Phi) is 6.60. The van der Waals surface area contributed by atoms with Crippen molar-refractivity contribution >= 4 is 9.84 Å². The average molecular weight is 217 g/mol. The highest BCUT2D eigenvalue weighted by atomic mass is 32.2. The van der Waals surface area contributed by atoms with Crippen LogP contribution in [0.3, 0.4) is 0 Å². The van der Waals surface area contributed by atoms with Gasteiger partial charge in [-0.1, -0.05) is 0 Å². The van der Waals surface area contributed by atoms with Gasteiger partial charge in [0.05, 0.1) is 11.0 Å². The summed E-state index contributed by atoms with van der Waals surface area (Å²) >= 11 is 0. The van der Waals surface area contributed by atoms with Crippen LogP contribution in [0.25, 0.3) is 0 Å². The number of sulfone groups is 1. The van der Waals surface area contributed by atoms with Crippen molar-refractivity contribution in [3.8, 4) is 11.8 Å². The minimum Gasteiger partial charge on any atom is -0.315 e. The number of hydrogen-bond acceptors (Lipinski definition) is 3. The maximum Gasteiger partial charge on any atom is 0.153 e. The van der Waals surface area contributed by atoms with Crippen molar-refractivity contribution in [1.82, 2.24) is 5.32 Å². The van der Waals surface area contributed by atoms with Crippen molar-refractivity contribution in [2.75, 3.05) is 18.8 Å². The van der Waals surface area contributed by atoms with E-state index in [-0.39, 0.29) is 11.0 Å². The summed E-state index contributed by atoms with van der Waals surface area (Å²) in [5, 5.41) is 2.77. The van der Waals surface area contributed by atoms with Gasteiger partial charge in [-0.2, -0.15) is 0 Å². The van der Waals surface area contributed by atoms with Crippen LogP contribution in [-0.4, -0.2) is 32.5 Å². The zero-order chi connectivity index (χ0) is 11.0. The molecular formula is C10H19NO2S. The Hall–Kier alpha value is -0.530. The van der Waals surface area contributed by atoms with E-state index in [4.69, 9.17) is 0 Å². The smallest absolute Gasteiger partial charge is 0.153 e. The molecule has 14 heavy (non-hydrogen) atoms. The summed E-state index contributed by atoms with van der Waals surface area (Å²) in [5.74, 6) is 5.90. The highest BCUT2D eigenvalue weighted by Gasteiger charge is 2.14. The van der Waals surface area contributed by atoms with Crippen molar-refractivity contribution in [1.29, 1.82) is 0 Å². The van der Waals surface area contributed by atoms with Crippen LogP contribution < -0.4 is 5.32 Å². The van der Waals surface area contributed by atoms with Crippen molar-refractivity contribution in [3.05, 3.63) is 0 Å². The van der Waals surface area contributed by atoms with Crippen LogP contribution in [0.5, 0.6) is 0 Å². The topological polar surface area (TPSA) is 46.2 Å². The summed E-state index contributed by atoms with van der Waals surface area (Å²) in [7, 11) is -2.89. The van der Waals surface area contributed by atoms with Gasteiger partial charge in [-0.25, -0.2) is 8.42 Å². The van der Waals surface area contributed by atoms with Gasteiger partial charge in [0.25, 0.3) is 0 Å². The first-order valence-electron chi connectivity index (χ1n) is 4.82. The molecule has 0 aliphatic heterocycles. The molecule has 0 spiro atoms. The zero-order valence-corrected chi connectivity index (χ0v) is 9.95. The molecular weight excluding hydrogens is 198 g/mol. The van der Waals surface area contributed by atoms with Gasteiger partial charge in [-0.15, -0.1) is 11.8 Å². The highest BCUT2D eigenvalue weighted by molar-refractivity contribution is 7.92. The molecule has 0 bridgehead atoms. The molecule has 0 unspecified atom stereocenters. The summed E-state index contributed by atoms with van der Waals surface area (Å²) in [6.07, 6.45) is 0.776. The van der Waals surface area contributed by atoms with Crippen molar-refractivity contribution < 1.29 is 8.42 Å². The summed E-state index contributed by atoms with van der Waals surface area (Å²) < 4.78 is 22.7. The lowest BCUT2D eigenvalue weighted by atomic mass is 10.4. The molecule has 0 rings (SSSR count). The summed E-state index contributed by atoms with van der Waals surface area (Å²) in [6.45, 7) is 6.49. The molecule has 0 fully saturated rings. The van der Waals surface area contributed by atoms with Gasteiger partial charge in [0.1, 0.15) is 0 Å². The van der Waals surface area contributed by atoms with Gasteiger partial charge in [-0.05, 0) is 20.8 Å². The second-order valence-corrected chi connectivity index (χ2v) is 6.02. The van der Waals surface area contributed by atoms with E-state index in [1.807, 2.05) is 0 Å². The Morgan fingerprint density at radius 3 is 2.43 bits per heavy atom. The molecule has 0 saturated carbocycles. The largest absolute Gasteiger partial charge is 0.315 e. The Morgan fingerprint density at radius 1 is 1.29 bits per heavy atom. The van der Waals surface area contributed by atoms with E-state index in [0.29, 0.717) is 6.54 Å². The van der Waals surface area contributed by atoms with Crippen LogP contribution in [0.4, 0.5) is 0 Å². The van der Waals surface area contributed by atoms with Crippen molar-refractivity contribution in [2.24, 2.45) is 0 Å². The molecule has 0 aromatic rings. The number of hydrogen-bond donors (Lipinski definition) is 1. The SMILES string of the molecule is CC#CCCNCCS(=O)(=O)C(C)C. The van der Waals surface area contributed by atoms with Gasteiger partial charge in [0.2, 0.25) is 0 Å². The van der Waals surface area contributed by atoms with E-state index in [2.05, 4.69) is 17.2 Å². The van der Waals surface area contributed by atoms with Crippen molar-refractivity contribution in [3.63, 3.8) is 0 Å². The van der Waals surface area contributed by atoms with E-state index in [1.54, 1.807) is 20.8 Å². The molecule has 0 aromatic heterocycles. The maximum absolute atomic E-state index is 11.4. The molecule has 0 saturated heterocycles. The Labute approximate surface area is 87.2 Å². The fourth-order valence-electron chi connectivity index (χ4n) is 0.851. The Bertz CT molecular complexity index is 296. The van der Waals surface area contributed by atoms with Crippen LogP contribution in [-0.2, 0) is 9.84 Å². The van der Waals surface area contributed by atoms with Crippen molar-refractivity contribution in [2.45, 2.75) is 32.4 Å². The van der Waals surface area contributed by atoms with Crippen LogP contribution in [0.15, 0.2) is 0 Å². The third-order valence-electron chi connectivity index (χ3n) is 1.89. The fourth-order valence-corrected chi connectivity index (χ4v) is 1.75. The lowest BCUT2D eigenvalue weighted by Gasteiger charge is -2.07. The molecule has 82 valence electrons. The molecule has 3 nitrogen and oxygen atoms in total. The molecule has 0 heterocycles. The summed E-state index contributed by atoms with van der Waals surface area (Å²) in [6, 6.07) is 0. The predicted molar refractivity (Wildman–Crippen MR) is 59.9 cm³/mol. The average Bonchev–Trinajstić information content (AvgIpc) is 2.10. The first-order chi connectivity index (χ1) is 6.50. The van der Waals surface area contributed by atoms with Crippen LogP contribution in [0.1, 0.15) is 27.2 Å². The summed E-state index contributed by atoms with van der Waals surface area (Å²) in [5.41, 5.74) is 0. The number of rotatable bonds is 6. The molecule has 0 atom stereocenters. The Morgan fingerprint density at radius 2 is 1.93 bits per heavy atom. The molecule has 0 radical (unpaired) electrons. The quantitative estimate of drug-likeness (QED) is 0.529. The minimum atomic E-state index is -2.89. The molecule has 4 heteroatoms. The van der Waals surface area contributed by atoms with E-state index in [9.17, 15) is 8.42 Å². The maximum atomic E-state index is 11.4. The minimum absolute atomic E-state index is 0.213. The van der Waals surface area contributed by atoms with E-state index in [0.717, 1.165) is 13.0 Å². The first-order valence-corrected chi connectivity index (χ1v) is 6.54. The third kappa shape index (κ3) is 6.01. The van der Waals surface area contributed by atoms with Crippen LogP contribution >= 0.6 is 0 Å². The first kappa shape index (κ1) is 13.5. The standard InChI is InChI=1S/C10H19NO2S/c1-4-5-6-7-11-8-9-14(12,13)10(2)3/h10-11H,6-9H2,1-3H3. The van der Waals surface area contributed by atoms with E-state index < -0.39 is 9.84 Å². The van der Waals surface area contributed by atoms with Crippen LogP contribution in [0, 0.1) is 11.8 Å². The number of nitrogens with one attached hydrogen (secondary N) is 1. The lowest BCUT2D eigenvalue weighted by molar-refractivity contribution is 0.582. The second-order valence-electron chi connectivity index (χ2n) is 3.34. The monoisotopic (exact) mass is 217 g/mol. The fraction of sp³-hybridized carbons (Fsp3) is 0.800. The van der Waals surface area contributed by atoms with Gasteiger partial charge in [-0.3, -0.25) is 0 Å². The molecule has 1 N–H and O–H groups in total. The normalized spacial score (nSPS) is 11.1. The predicted octanol–water partition coefficient (Wildman–Crippen LogP) is 0.813. The molecule has 0 aliphatic rings. The second kappa shape index (κ2) is 6.86. The van der Waals surface area contributed by atoms with Gasteiger partial charge in [0.15, 0.2) is 9.84 Å². The molecule has 0 aromatic carbocycles. The highest BCUT2D eigenvalue weighted by Crippen LogP contribution is 1.98. The third-order valence-corrected chi connectivity index (χ3v) is 4.09. The zero-order valence-electron chi connectivity index (χ0n) is 9.13. The van der Waals surface area contributed by atoms with Gasteiger partial charge < -0.3 is 5.32 Å². The molecule has 0 amide bonds. The molecule has 0 aliphatic carbocycles.